The number of alkyl halides is 3. The number of hydrogen-bond acceptors (Lipinski definition) is 5. The zero-order valence-electron chi connectivity index (χ0n) is 13.0. The minimum absolute atomic E-state index is 0.0440. The number of halogens is 3. The molecule has 132 valence electrons. The Hall–Kier alpha value is -3.10. The van der Waals surface area contributed by atoms with Crippen LogP contribution in [0.5, 0.6) is 0 Å². The molecule has 2 aromatic carbocycles. The molecule has 0 amide bonds. The van der Waals surface area contributed by atoms with Crippen molar-refractivity contribution in [2.45, 2.75) is 12.7 Å². The van der Waals surface area contributed by atoms with Crippen LogP contribution in [0.25, 0.3) is 0 Å². The van der Waals surface area contributed by atoms with Gasteiger partial charge in [-0.05, 0) is 29.8 Å². The van der Waals surface area contributed by atoms with E-state index in [1.807, 2.05) is 0 Å². The summed E-state index contributed by atoms with van der Waals surface area (Å²) in [5.41, 5.74) is -0.736. The SMILES string of the molecule is COC(=O)c1cc(NCc2cccc(C(F)(F)F)c2)ccc1[N+](=O)[O-]. The van der Waals surface area contributed by atoms with E-state index in [4.69, 9.17) is 0 Å². The van der Waals surface area contributed by atoms with Gasteiger partial charge in [-0.1, -0.05) is 12.1 Å². The van der Waals surface area contributed by atoms with Gasteiger partial charge in [-0.25, -0.2) is 4.79 Å². The molecule has 0 aliphatic heterocycles. The molecule has 0 saturated heterocycles. The highest BCUT2D eigenvalue weighted by Gasteiger charge is 2.30. The second kappa shape index (κ2) is 7.20. The molecular formula is C16H13F3N2O4. The van der Waals surface area contributed by atoms with E-state index in [-0.39, 0.29) is 12.1 Å². The quantitative estimate of drug-likeness (QED) is 0.498. The van der Waals surface area contributed by atoms with Gasteiger partial charge in [0.1, 0.15) is 5.56 Å². The van der Waals surface area contributed by atoms with Gasteiger partial charge < -0.3 is 10.1 Å². The van der Waals surface area contributed by atoms with E-state index >= 15 is 0 Å². The molecule has 0 bridgehead atoms. The number of anilines is 1. The maximum absolute atomic E-state index is 12.7. The van der Waals surface area contributed by atoms with E-state index in [0.29, 0.717) is 11.3 Å². The molecule has 2 aromatic rings. The first-order valence-electron chi connectivity index (χ1n) is 6.99. The predicted molar refractivity (Wildman–Crippen MR) is 83.2 cm³/mol. The molecule has 0 spiro atoms. The fourth-order valence-corrected chi connectivity index (χ4v) is 2.14. The number of ether oxygens (including phenoxy) is 1. The number of methoxy groups -OCH3 is 1. The first-order valence-corrected chi connectivity index (χ1v) is 6.99. The summed E-state index contributed by atoms with van der Waals surface area (Å²) in [5.74, 6) is -0.880. The van der Waals surface area contributed by atoms with Gasteiger partial charge in [0.05, 0.1) is 17.6 Å². The summed E-state index contributed by atoms with van der Waals surface area (Å²) < 4.78 is 42.6. The Morgan fingerprint density at radius 1 is 1.24 bits per heavy atom. The Kier molecular flexibility index (Phi) is 5.26. The molecule has 0 unspecified atom stereocenters. The van der Waals surface area contributed by atoms with Crippen LogP contribution in [0.4, 0.5) is 24.5 Å². The van der Waals surface area contributed by atoms with E-state index in [1.54, 1.807) is 0 Å². The molecule has 0 aromatic heterocycles. The van der Waals surface area contributed by atoms with Crippen LogP contribution in [0.15, 0.2) is 42.5 Å². The first-order chi connectivity index (χ1) is 11.7. The van der Waals surface area contributed by atoms with Crippen molar-refractivity contribution in [2.24, 2.45) is 0 Å². The van der Waals surface area contributed by atoms with Crippen LogP contribution in [0.3, 0.4) is 0 Å². The molecule has 1 N–H and O–H groups in total. The van der Waals surface area contributed by atoms with Crippen molar-refractivity contribution in [3.05, 3.63) is 69.3 Å². The van der Waals surface area contributed by atoms with Gasteiger partial charge in [0, 0.05) is 18.3 Å². The summed E-state index contributed by atoms with van der Waals surface area (Å²) >= 11 is 0. The van der Waals surface area contributed by atoms with Crippen molar-refractivity contribution in [3.8, 4) is 0 Å². The number of nitrogens with one attached hydrogen (secondary N) is 1. The average molecular weight is 354 g/mol. The summed E-state index contributed by atoms with van der Waals surface area (Å²) in [6, 6.07) is 8.46. The third-order valence-corrected chi connectivity index (χ3v) is 3.35. The number of nitro groups is 1. The molecular weight excluding hydrogens is 341 g/mol. The average Bonchev–Trinajstić information content (AvgIpc) is 2.58. The number of nitrogens with zero attached hydrogens (tertiary/aromatic N) is 1. The smallest absolute Gasteiger partial charge is 0.416 e. The Balaban J connectivity index is 2.21. The first kappa shape index (κ1) is 18.2. The van der Waals surface area contributed by atoms with Gasteiger partial charge in [0.15, 0.2) is 0 Å². The summed E-state index contributed by atoms with van der Waals surface area (Å²) in [6.45, 7) is 0.0440. The molecule has 0 aliphatic rings. The third kappa shape index (κ3) is 4.46. The van der Waals surface area contributed by atoms with E-state index in [2.05, 4.69) is 10.1 Å². The van der Waals surface area contributed by atoms with Gasteiger partial charge in [-0.15, -0.1) is 0 Å². The lowest BCUT2D eigenvalue weighted by atomic mass is 10.1. The number of benzene rings is 2. The van der Waals surface area contributed by atoms with Crippen molar-refractivity contribution in [3.63, 3.8) is 0 Å². The molecule has 0 saturated carbocycles. The minimum Gasteiger partial charge on any atom is -0.465 e. The lowest BCUT2D eigenvalue weighted by molar-refractivity contribution is -0.385. The van der Waals surface area contributed by atoms with Gasteiger partial charge in [-0.3, -0.25) is 10.1 Å². The van der Waals surface area contributed by atoms with Crippen molar-refractivity contribution < 1.29 is 27.6 Å². The van der Waals surface area contributed by atoms with Crippen molar-refractivity contribution in [1.82, 2.24) is 0 Å². The van der Waals surface area contributed by atoms with Crippen LogP contribution in [0.1, 0.15) is 21.5 Å². The summed E-state index contributed by atoms with van der Waals surface area (Å²) in [5, 5.41) is 13.8. The molecule has 25 heavy (non-hydrogen) atoms. The van der Waals surface area contributed by atoms with Crippen molar-refractivity contribution >= 4 is 17.3 Å². The van der Waals surface area contributed by atoms with Gasteiger partial charge >= 0.3 is 12.1 Å². The van der Waals surface area contributed by atoms with Gasteiger partial charge in [0.25, 0.3) is 5.69 Å². The topological polar surface area (TPSA) is 81.5 Å². The zero-order valence-corrected chi connectivity index (χ0v) is 13.0. The second-order valence-corrected chi connectivity index (χ2v) is 5.03. The molecule has 0 fully saturated rings. The number of hydrogen-bond donors (Lipinski definition) is 1. The molecule has 6 nitrogen and oxygen atoms in total. The number of carbonyl (C=O) groups is 1. The fraction of sp³-hybridized carbons (Fsp3) is 0.188. The second-order valence-electron chi connectivity index (χ2n) is 5.03. The molecule has 0 radical (unpaired) electrons. The Morgan fingerprint density at radius 2 is 1.96 bits per heavy atom. The summed E-state index contributed by atoms with van der Waals surface area (Å²) in [6.07, 6.45) is -4.44. The zero-order chi connectivity index (χ0) is 18.6. The largest absolute Gasteiger partial charge is 0.465 e. The monoisotopic (exact) mass is 354 g/mol. The summed E-state index contributed by atoms with van der Waals surface area (Å²) in [7, 11) is 1.09. The van der Waals surface area contributed by atoms with E-state index < -0.39 is 28.3 Å². The number of rotatable bonds is 5. The number of carbonyl (C=O) groups excluding carboxylic acids is 1. The Morgan fingerprint density at radius 3 is 2.56 bits per heavy atom. The molecule has 9 heteroatoms. The number of nitro benzene ring substituents is 1. The van der Waals surface area contributed by atoms with Crippen molar-refractivity contribution in [1.29, 1.82) is 0 Å². The van der Waals surface area contributed by atoms with Crippen LogP contribution in [0.2, 0.25) is 0 Å². The highest BCUT2D eigenvalue weighted by Crippen LogP contribution is 2.30. The maximum Gasteiger partial charge on any atom is 0.416 e. The van der Waals surface area contributed by atoms with Crippen LogP contribution >= 0.6 is 0 Å². The Bertz CT molecular complexity index is 806. The maximum atomic E-state index is 12.7. The highest BCUT2D eigenvalue weighted by molar-refractivity contribution is 5.95. The Labute approximate surface area is 140 Å². The van der Waals surface area contributed by atoms with Crippen molar-refractivity contribution in [2.75, 3.05) is 12.4 Å². The lowest BCUT2D eigenvalue weighted by Gasteiger charge is -2.11. The van der Waals surface area contributed by atoms with E-state index in [0.717, 1.165) is 25.3 Å². The van der Waals surface area contributed by atoms with E-state index in [9.17, 15) is 28.1 Å². The van der Waals surface area contributed by atoms with Gasteiger partial charge in [-0.2, -0.15) is 13.2 Å². The van der Waals surface area contributed by atoms with Crippen LogP contribution in [-0.2, 0) is 17.5 Å². The van der Waals surface area contributed by atoms with Crippen LogP contribution in [-0.4, -0.2) is 18.0 Å². The fourth-order valence-electron chi connectivity index (χ4n) is 2.14. The normalized spacial score (nSPS) is 11.0. The van der Waals surface area contributed by atoms with E-state index in [1.165, 1.54) is 24.3 Å². The lowest BCUT2D eigenvalue weighted by Crippen LogP contribution is -2.08. The van der Waals surface area contributed by atoms with Crippen LogP contribution < -0.4 is 5.32 Å². The predicted octanol–water partition coefficient (Wildman–Crippen LogP) is 4.01. The third-order valence-electron chi connectivity index (χ3n) is 3.35. The number of esters is 1. The standard InChI is InChI=1S/C16H13F3N2O4/c1-25-15(22)13-8-12(5-6-14(13)21(23)24)20-9-10-3-2-4-11(7-10)16(17,18)19/h2-8,20H,9H2,1H3. The highest BCUT2D eigenvalue weighted by atomic mass is 19.4. The van der Waals surface area contributed by atoms with Crippen LogP contribution in [0, 0.1) is 10.1 Å². The molecule has 2 rings (SSSR count). The minimum atomic E-state index is -4.44. The van der Waals surface area contributed by atoms with Gasteiger partial charge in [0.2, 0.25) is 0 Å². The molecule has 0 heterocycles. The summed E-state index contributed by atoms with van der Waals surface area (Å²) in [4.78, 5) is 21.9. The molecule has 0 atom stereocenters. The molecule has 0 aliphatic carbocycles.